The molecule has 0 saturated heterocycles. The second-order valence-corrected chi connectivity index (χ2v) is 7.52. The predicted octanol–water partition coefficient (Wildman–Crippen LogP) is 4.50. The van der Waals surface area contributed by atoms with E-state index in [4.69, 9.17) is 4.52 Å². The van der Waals surface area contributed by atoms with Crippen LogP contribution in [0, 0.1) is 13.8 Å². The number of hydrogen-bond acceptors (Lipinski definition) is 6. The largest absolute Gasteiger partial charge is 0.361 e. The Bertz CT molecular complexity index is 877. The summed E-state index contributed by atoms with van der Waals surface area (Å²) in [5.41, 5.74) is 4.11. The van der Waals surface area contributed by atoms with Crippen molar-refractivity contribution in [3.63, 3.8) is 0 Å². The fraction of sp³-hybridized carbons (Fsp3) is 0.368. The van der Waals surface area contributed by atoms with E-state index >= 15 is 0 Å². The number of nitrogens with one attached hydrogen (secondary N) is 1. The average Bonchev–Trinajstić information content (AvgIpc) is 3.20. The van der Waals surface area contributed by atoms with Crippen LogP contribution in [0.1, 0.15) is 48.8 Å². The molecule has 1 N–H and O–H groups in total. The topological polar surface area (TPSA) is 80.9 Å². The Morgan fingerprint density at radius 2 is 1.92 bits per heavy atom. The summed E-state index contributed by atoms with van der Waals surface area (Å²) in [4.78, 5) is 12.2. The van der Waals surface area contributed by atoms with Crippen molar-refractivity contribution < 1.29 is 9.32 Å². The third kappa shape index (κ3) is 4.16. The van der Waals surface area contributed by atoms with Crippen molar-refractivity contribution in [2.75, 3.05) is 5.32 Å². The molecule has 7 heteroatoms. The first-order valence-corrected chi connectivity index (χ1v) is 9.41. The number of carbonyl (C=O) groups excluding carboxylic acids is 1. The molecule has 0 unspecified atom stereocenters. The first kappa shape index (κ1) is 18.3. The fourth-order valence-corrected chi connectivity index (χ4v) is 3.45. The van der Waals surface area contributed by atoms with E-state index in [-0.39, 0.29) is 5.91 Å². The van der Waals surface area contributed by atoms with Crippen molar-refractivity contribution in [2.24, 2.45) is 0 Å². The predicted molar refractivity (Wildman–Crippen MR) is 102 cm³/mol. The summed E-state index contributed by atoms with van der Waals surface area (Å²) in [7, 11) is 0. The monoisotopic (exact) mass is 370 g/mol. The van der Waals surface area contributed by atoms with Gasteiger partial charge < -0.3 is 9.84 Å². The molecular formula is C19H22N4O2S. The van der Waals surface area contributed by atoms with Gasteiger partial charge in [-0.3, -0.25) is 4.79 Å². The van der Waals surface area contributed by atoms with Crippen molar-refractivity contribution >= 4 is 22.4 Å². The maximum Gasteiger partial charge on any atom is 0.226 e. The third-order valence-corrected chi connectivity index (χ3v) is 5.17. The SMILES string of the molecule is Cc1noc(C)c1CCC(=O)Nc1nnc(-c2ccc(C(C)C)cc2)s1. The van der Waals surface area contributed by atoms with Crippen molar-refractivity contribution in [3.8, 4) is 10.6 Å². The van der Waals surface area contributed by atoms with E-state index in [0.717, 1.165) is 27.6 Å². The maximum atomic E-state index is 12.2. The molecule has 0 aliphatic carbocycles. The zero-order chi connectivity index (χ0) is 18.7. The van der Waals surface area contributed by atoms with Crippen LogP contribution in [0.15, 0.2) is 28.8 Å². The summed E-state index contributed by atoms with van der Waals surface area (Å²) in [6, 6.07) is 8.28. The van der Waals surface area contributed by atoms with Gasteiger partial charge in [-0.25, -0.2) is 0 Å². The Morgan fingerprint density at radius 1 is 1.19 bits per heavy atom. The van der Waals surface area contributed by atoms with Crippen LogP contribution in [0.3, 0.4) is 0 Å². The minimum absolute atomic E-state index is 0.0946. The lowest BCUT2D eigenvalue weighted by Gasteiger charge is -2.04. The summed E-state index contributed by atoms with van der Waals surface area (Å²) in [5.74, 6) is 1.16. The molecule has 0 aliphatic rings. The van der Waals surface area contributed by atoms with Crippen LogP contribution < -0.4 is 5.32 Å². The van der Waals surface area contributed by atoms with Gasteiger partial charge in [0.15, 0.2) is 0 Å². The van der Waals surface area contributed by atoms with Gasteiger partial charge in [0.25, 0.3) is 0 Å². The lowest BCUT2D eigenvalue weighted by atomic mass is 10.0. The molecule has 2 heterocycles. The third-order valence-electron chi connectivity index (χ3n) is 4.28. The molecule has 0 bridgehead atoms. The quantitative estimate of drug-likeness (QED) is 0.691. The number of aryl methyl sites for hydroxylation is 2. The van der Waals surface area contributed by atoms with Crippen LogP contribution >= 0.6 is 11.3 Å². The molecule has 3 rings (SSSR count). The maximum absolute atomic E-state index is 12.2. The van der Waals surface area contributed by atoms with Gasteiger partial charge >= 0.3 is 0 Å². The number of aromatic nitrogens is 3. The summed E-state index contributed by atoms with van der Waals surface area (Å²) < 4.78 is 5.12. The van der Waals surface area contributed by atoms with Gasteiger partial charge in [0.2, 0.25) is 11.0 Å². The van der Waals surface area contributed by atoms with Crippen LogP contribution in [0.2, 0.25) is 0 Å². The molecule has 26 heavy (non-hydrogen) atoms. The zero-order valence-electron chi connectivity index (χ0n) is 15.4. The number of hydrogen-bond donors (Lipinski definition) is 1. The number of amides is 1. The normalized spacial score (nSPS) is 11.1. The van der Waals surface area contributed by atoms with Crippen molar-refractivity contribution in [1.29, 1.82) is 0 Å². The molecule has 136 valence electrons. The van der Waals surface area contributed by atoms with Gasteiger partial charge in [-0.15, -0.1) is 10.2 Å². The van der Waals surface area contributed by atoms with Gasteiger partial charge in [0.05, 0.1) is 5.69 Å². The van der Waals surface area contributed by atoms with Crippen molar-refractivity contribution in [1.82, 2.24) is 15.4 Å². The number of rotatable bonds is 6. The second kappa shape index (κ2) is 7.78. The van der Waals surface area contributed by atoms with Gasteiger partial charge in [0.1, 0.15) is 10.8 Å². The highest BCUT2D eigenvalue weighted by atomic mass is 32.1. The van der Waals surface area contributed by atoms with Gasteiger partial charge in [-0.1, -0.05) is 54.6 Å². The Hall–Kier alpha value is -2.54. The van der Waals surface area contributed by atoms with E-state index in [1.807, 2.05) is 26.0 Å². The lowest BCUT2D eigenvalue weighted by Crippen LogP contribution is -2.12. The zero-order valence-corrected chi connectivity index (χ0v) is 16.2. The summed E-state index contributed by atoms with van der Waals surface area (Å²) >= 11 is 1.37. The minimum Gasteiger partial charge on any atom is -0.361 e. The van der Waals surface area contributed by atoms with Crippen LogP contribution in [0.4, 0.5) is 5.13 Å². The molecule has 2 aromatic heterocycles. The number of benzene rings is 1. The first-order chi connectivity index (χ1) is 12.4. The van der Waals surface area contributed by atoms with Crippen LogP contribution in [0.5, 0.6) is 0 Å². The molecular weight excluding hydrogens is 348 g/mol. The first-order valence-electron chi connectivity index (χ1n) is 8.59. The Labute approximate surface area is 156 Å². The molecule has 0 radical (unpaired) electrons. The van der Waals surface area contributed by atoms with Crippen LogP contribution in [-0.2, 0) is 11.2 Å². The van der Waals surface area contributed by atoms with E-state index in [0.29, 0.717) is 23.9 Å². The highest BCUT2D eigenvalue weighted by Gasteiger charge is 2.13. The Morgan fingerprint density at radius 3 is 2.54 bits per heavy atom. The van der Waals surface area contributed by atoms with Gasteiger partial charge in [-0.05, 0) is 31.7 Å². The molecule has 1 amide bonds. The highest BCUT2D eigenvalue weighted by Crippen LogP contribution is 2.28. The molecule has 6 nitrogen and oxygen atoms in total. The summed E-state index contributed by atoms with van der Waals surface area (Å²) in [5, 5.41) is 16.3. The molecule has 0 spiro atoms. The summed E-state index contributed by atoms with van der Waals surface area (Å²) in [6.07, 6.45) is 0.941. The molecule has 3 aromatic rings. The van der Waals surface area contributed by atoms with Crippen LogP contribution in [-0.4, -0.2) is 21.3 Å². The minimum atomic E-state index is -0.0946. The highest BCUT2D eigenvalue weighted by molar-refractivity contribution is 7.18. The van der Waals surface area contributed by atoms with Crippen LogP contribution in [0.25, 0.3) is 10.6 Å². The molecule has 1 aromatic carbocycles. The van der Waals surface area contributed by atoms with E-state index in [2.05, 4.69) is 46.7 Å². The average molecular weight is 370 g/mol. The molecule has 0 aliphatic heterocycles. The number of anilines is 1. The second-order valence-electron chi connectivity index (χ2n) is 6.54. The Balaban J connectivity index is 1.60. The van der Waals surface area contributed by atoms with Gasteiger partial charge in [0, 0.05) is 17.5 Å². The molecule has 0 saturated carbocycles. The Kier molecular flexibility index (Phi) is 5.46. The van der Waals surface area contributed by atoms with E-state index in [1.165, 1.54) is 16.9 Å². The van der Waals surface area contributed by atoms with E-state index < -0.39 is 0 Å². The smallest absolute Gasteiger partial charge is 0.226 e. The molecule has 0 fully saturated rings. The number of nitrogens with zero attached hydrogens (tertiary/aromatic N) is 3. The standard InChI is InChI=1S/C19H22N4O2S/c1-11(2)14-5-7-15(8-6-14)18-21-22-19(26-18)20-17(24)10-9-16-12(3)23-25-13(16)4/h5-8,11H,9-10H2,1-4H3,(H,20,22,24). The summed E-state index contributed by atoms with van der Waals surface area (Å²) in [6.45, 7) is 8.06. The van der Waals surface area contributed by atoms with Crippen molar-refractivity contribution in [2.45, 2.75) is 46.5 Å². The fourth-order valence-electron chi connectivity index (χ4n) is 2.68. The van der Waals surface area contributed by atoms with Gasteiger partial charge in [-0.2, -0.15) is 0 Å². The lowest BCUT2D eigenvalue weighted by molar-refractivity contribution is -0.116. The van der Waals surface area contributed by atoms with E-state index in [9.17, 15) is 4.79 Å². The van der Waals surface area contributed by atoms with Crippen molar-refractivity contribution in [3.05, 3.63) is 46.8 Å². The van der Waals surface area contributed by atoms with E-state index in [1.54, 1.807) is 0 Å². The molecule has 0 atom stereocenters. The number of carbonyl (C=O) groups is 1.